The van der Waals surface area contributed by atoms with Crippen molar-refractivity contribution in [2.45, 2.75) is 70.0 Å². The van der Waals surface area contributed by atoms with Crippen LogP contribution in [0.5, 0.6) is 0 Å². The second-order valence-corrected chi connectivity index (χ2v) is 5.38. The summed E-state index contributed by atoms with van der Waals surface area (Å²) in [6, 6.07) is 0. The van der Waals surface area contributed by atoms with Gasteiger partial charge in [0.25, 0.3) is 0 Å². The van der Waals surface area contributed by atoms with E-state index in [1.165, 1.54) is 39.2 Å². The van der Waals surface area contributed by atoms with Crippen LogP contribution in [0.1, 0.15) is 57.8 Å². The Kier molecular flexibility index (Phi) is 9.92. The minimum absolute atomic E-state index is 0.0654. The average Bonchev–Trinajstić information content (AvgIpc) is 3.28. The monoisotopic (exact) mass is 302 g/mol. The topological polar surface area (TPSA) is 38.8 Å². The summed E-state index contributed by atoms with van der Waals surface area (Å²) in [7, 11) is 1.38. The van der Waals surface area contributed by atoms with Gasteiger partial charge in [-0.3, -0.25) is 4.79 Å². The molecule has 2 atom stereocenters. The zero-order valence-corrected chi connectivity index (χ0v) is 13.5. The number of epoxide rings is 1. The predicted octanol–water partition coefficient (Wildman–Crippen LogP) is 3.63. The molecule has 0 aliphatic carbocycles. The third-order valence-corrected chi connectivity index (χ3v) is 3.53. The van der Waals surface area contributed by atoms with E-state index in [9.17, 15) is 4.79 Å². The van der Waals surface area contributed by atoms with Crippen molar-refractivity contribution >= 4 is 5.97 Å². The third-order valence-electron chi connectivity index (χ3n) is 3.53. The number of ether oxygens (including phenoxy) is 2. The summed E-state index contributed by atoms with van der Waals surface area (Å²) >= 11 is 0. The van der Waals surface area contributed by atoms with E-state index in [4.69, 9.17) is 4.74 Å². The Morgan fingerprint density at radius 1 is 1.23 bits per heavy atom. The van der Waals surface area contributed by atoms with Crippen LogP contribution in [0.2, 0.25) is 0 Å². The van der Waals surface area contributed by atoms with Crippen molar-refractivity contribution in [3.05, 3.63) is 12.7 Å². The molecule has 1 heterocycles. The van der Waals surface area contributed by atoms with Gasteiger partial charge < -0.3 is 9.47 Å². The highest BCUT2D eigenvalue weighted by Crippen LogP contribution is 2.26. The molecule has 0 bridgehead atoms. The van der Waals surface area contributed by atoms with E-state index in [2.05, 4.69) is 35.0 Å². The van der Waals surface area contributed by atoms with Crippen LogP contribution in [0.3, 0.4) is 0 Å². The van der Waals surface area contributed by atoms with Gasteiger partial charge in [0.2, 0.25) is 0 Å². The molecule has 0 spiro atoms. The predicted molar refractivity (Wildman–Crippen MR) is 88.0 cm³/mol. The van der Waals surface area contributed by atoms with E-state index < -0.39 is 0 Å². The highest BCUT2D eigenvalue weighted by Gasteiger charge is 2.36. The van der Waals surface area contributed by atoms with Gasteiger partial charge in [-0.15, -0.1) is 6.58 Å². The van der Waals surface area contributed by atoms with Gasteiger partial charge in [0.05, 0.1) is 19.6 Å². The van der Waals surface area contributed by atoms with E-state index >= 15 is 0 Å². The number of unbranched alkanes of at least 4 members (excludes halogenated alkanes) is 5. The van der Waals surface area contributed by atoms with Crippen molar-refractivity contribution in [3.8, 4) is 23.7 Å². The van der Waals surface area contributed by atoms with Crippen LogP contribution in [-0.2, 0) is 14.3 Å². The maximum absolute atomic E-state index is 10.9. The summed E-state index contributed by atoms with van der Waals surface area (Å²) in [4.78, 5) is 10.9. The van der Waals surface area contributed by atoms with Gasteiger partial charge in [-0.05, 0) is 31.1 Å². The van der Waals surface area contributed by atoms with Crippen LogP contribution in [0.25, 0.3) is 0 Å². The molecule has 22 heavy (non-hydrogen) atoms. The number of esters is 1. The molecule has 3 heteroatoms. The lowest BCUT2D eigenvalue weighted by atomic mass is 10.1. The van der Waals surface area contributed by atoms with Gasteiger partial charge in [0.1, 0.15) is 6.10 Å². The van der Waals surface area contributed by atoms with Crippen LogP contribution in [0, 0.1) is 23.7 Å². The summed E-state index contributed by atoms with van der Waals surface area (Å²) in [6.45, 7) is 3.73. The van der Waals surface area contributed by atoms with Crippen LogP contribution >= 0.6 is 0 Å². The molecule has 1 fully saturated rings. The maximum atomic E-state index is 10.9. The molecule has 1 aliphatic rings. The fourth-order valence-electron chi connectivity index (χ4n) is 2.13. The summed E-state index contributed by atoms with van der Waals surface area (Å²) in [5.41, 5.74) is 0. The molecule has 0 aromatic carbocycles. The third kappa shape index (κ3) is 9.27. The van der Waals surface area contributed by atoms with Crippen molar-refractivity contribution in [1.82, 2.24) is 0 Å². The second-order valence-electron chi connectivity index (χ2n) is 5.38. The number of allylic oxidation sites excluding steroid dienone is 1. The number of methoxy groups -OCH3 is 1. The van der Waals surface area contributed by atoms with Crippen molar-refractivity contribution < 1.29 is 14.3 Å². The minimum atomic E-state index is -0.239. The maximum Gasteiger partial charge on any atom is 0.306 e. The molecule has 120 valence electrons. The van der Waals surface area contributed by atoms with Gasteiger partial charge in [0, 0.05) is 6.42 Å². The number of hydrogen-bond donors (Lipinski definition) is 0. The van der Waals surface area contributed by atoms with Crippen molar-refractivity contribution in [3.63, 3.8) is 0 Å². The average molecular weight is 302 g/mol. The summed E-state index contributed by atoms with van der Waals surface area (Å²) in [5.74, 6) is 11.1. The lowest BCUT2D eigenvalue weighted by Gasteiger charge is -1.98. The summed E-state index contributed by atoms with van der Waals surface area (Å²) in [5, 5.41) is 0. The van der Waals surface area contributed by atoms with E-state index in [0.717, 1.165) is 12.8 Å². The SMILES string of the molecule is C=CCCCCCCC[C@@H]1O[C@H]1C#CC#CCCC(=O)OC. The smallest absolute Gasteiger partial charge is 0.306 e. The Balaban J connectivity index is 1.98. The molecule has 3 nitrogen and oxygen atoms in total. The van der Waals surface area contributed by atoms with Crippen LogP contribution in [-0.4, -0.2) is 25.3 Å². The van der Waals surface area contributed by atoms with Gasteiger partial charge >= 0.3 is 5.97 Å². The molecule has 1 aliphatic heterocycles. The summed E-state index contributed by atoms with van der Waals surface area (Å²) < 4.78 is 10.0. The Morgan fingerprint density at radius 2 is 2.00 bits per heavy atom. The zero-order valence-electron chi connectivity index (χ0n) is 13.5. The molecule has 1 rings (SSSR count). The summed E-state index contributed by atoms with van der Waals surface area (Å²) in [6.07, 6.45) is 11.7. The second kappa shape index (κ2) is 11.9. The molecule has 0 saturated carbocycles. The van der Waals surface area contributed by atoms with Gasteiger partial charge in [0.15, 0.2) is 0 Å². The molecule has 1 saturated heterocycles. The Bertz CT molecular complexity index is 459. The van der Waals surface area contributed by atoms with Crippen molar-refractivity contribution in [2.75, 3.05) is 7.11 Å². The van der Waals surface area contributed by atoms with Crippen LogP contribution in [0.4, 0.5) is 0 Å². The molecule has 0 N–H and O–H groups in total. The van der Waals surface area contributed by atoms with E-state index in [1.54, 1.807) is 0 Å². The number of carbonyl (C=O) groups is 1. The number of hydrogen-bond acceptors (Lipinski definition) is 3. The Hall–Kier alpha value is -1.71. The minimum Gasteiger partial charge on any atom is -0.469 e. The first-order valence-corrected chi connectivity index (χ1v) is 8.09. The van der Waals surface area contributed by atoms with Crippen LogP contribution < -0.4 is 0 Å². The first kappa shape index (κ1) is 18.3. The highest BCUT2D eigenvalue weighted by molar-refractivity contribution is 5.69. The van der Waals surface area contributed by atoms with Gasteiger partial charge in [-0.1, -0.05) is 43.6 Å². The molecule has 0 unspecified atom stereocenters. The normalized spacial score (nSPS) is 18.4. The largest absolute Gasteiger partial charge is 0.469 e. The highest BCUT2D eigenvalue weighted by atomic mass is 16.6. The molecule has 0 aromatic heterocycles. The van der Waals surface area contributed by atoms with E-state index in [-0.39, 0.29) is 12.1 Å². The zero-order chi connectivity index (χ0) is 16.0. The molecular formula is C19H26O3. The lowest BCUT2D eigenvalue weighted by Crippen LogP contribution is -1.98. The molecule has 0 amide bonds. The fraction of sp³-hybridized carbons (Fsp3) is 0.632. The van der Waals surface area contributed by atoms with Crippen molar-refractivity contribution in [2.24, 2.45) is 0 Å². The molecule has 0 aromatic rings. The molecule has 0 radical (unpaired) electrons. The number of rotatable bonds is 10. The van der Waals surface area contributed by atoms with Crippen LogP contribution in [0.15, 0.2) is 12.7 Å². The van der Waals surface area contributed by atoms with E-state index in [1.807, 2.05) is 6.08 Å². The van der Waals surface area contributed by atoms with Gasteiger partial charge in [-0.25, -0.2) is 0 Å². The van der Waals surface area contributed by atoms with E-state index in [0.29, 0.717) is 18.9 Å². The molecular weight excluding hydrogens is 276 g/mol. The Labute approximate surface area is 134 Å². The first-order chi connectivity index (χ1) is 10.8. The van der Waals surface area contributed by atoms with Gasteiger partial charge in [-0.2, -0.15) is 0 Å². The standard InChI is InChI=1S/C19H26O3/c1-3-4-5-6-7-8-11-14-17-18(22-17)15-12-9-10-13-16-19(20)21-2/h3,17-18H,1,4-8,11,13-14,16H2,2H3/t17-,18-/m0/s1. The number of carbonyl (C=O) groups excluding carboxylic acids is 1. The Morgan fingerprint density at radius 3 is 2.77 bits per heavy atom. The quantitative estimate of drug-likeness (QED) is 0.203. The lowest BCUT2D eigenvalue weighted by molar-refractivity contribution is -0.140. The van der Waals surface area contributed by atoms with Crippen molar-refractivity contribution in [1.29, 1.82) is 0 Å². The first-order valence-electron chi connectivity index (χ1n) is 8.09. The fourth-order valence-corrected chi connectivity index (χ4v) is 2.13.